The van der Waals surface area contributed by atoms with E-state index in [4.69, 9.17) is 11.2 Å². The van der Waals surface area contributed by atoms with E-state index in [1.165, 1.54) is 21.3 Å². The molecule has 0 N–H and O–H groups in total. The Labute approximate surface area is 143 Å². The third-order valence-electron chi connectivity index (χ3n) is 3.53. The summed E-state index contributed by atoms with van der Waals surface area (Å²) in [6.45, 7) is 5.81. The lowest BCUT2D eigenvalue weighted by atomic mass is 10.2. The number of hydrogen-bond acceptors (Lipinski definition) is 4. The number of carbonyl (C=O) groups excluding carboxylic acids is 1. The van der Waals surface area contributed by atoms with Crippen LogP contribution < -0.4 is 0 Å². The van der Waals surface area contributed by atoms with Gasteiger partial charge in [-0.05, 0) is 32.9 Å². The smallest absolute Gasteiger partial charge is 0.410 e. The number of amides is 1. The minimum absolute atomic E-state index is 0.109. The van der Waals surface area contributed by atoms with Gasteiger partial charge in [0.25, 0.3) is 0 Å². The first-order chi connectivity index (χ1) is 11.1. The number of carbonyl (C=O) groups is 1. The van der Waals surface area contributed by atoms with Gasteiger partial charge in [0.2, 0.25) is 10.0 Å². The van der Waals surface area contributed by atoms with Crippen molar-refractivity contribution in [3.05, 3.63) is 30.3 Å². The number of terminal acetylenes is 1. The molecule has 0 radical (unpaired) electrons. The van der Waals surface area contributed by atoms with Crippen molar-refractivity contribution < 1.29 is 17.9 Å². The zero-order chi connectivity index (χ0) is 18.0. The lowest BCUT2D eigenvalue weighted by Crippen LogP contribution is -2.56. The molecule has 0 saturated carbocycles. The Kier molecular flexibility index (Phi) is 5.21. The lowest BCUT2D eigenvalue weighted by Gasteiger charge is -2.38. The van der Waals surface area contributed by atoms with Crippen LogP contribution in [0.5, 0.6) is 0 Å². The number of benzene rings is 1. The molecule has 24 heavy (non-hydrogen) atoms. The summed E-state index contributed by atoms with van der Waals surface area (Å²) in [6.07, 6.45) is 5.04. The molecule has 0 bridgehead atoms. The van der Waals surface area contributed by atoms with Crippen LogP contribution >= 0.6 is 0 Å². The highest BCUT2D eigenvalue weighted by Gasteiger charge is 2.37. The van der Waals surface area contributed by atoms with E-state index in [1.54, 1.807) is 39.0 Å². The van der Waals surface area contributed by atoms with Gasteiger partial charge in [-0.15, -0.1) is 6.42 Å². The summed E-state index contributed by atoms with van der Waals surface area (Å²) in [6, 6.07) is 7.41. The van der Waals surface area contributed by atoms with E-state index in [0.29, 0.717) is 0 Å². The Morgan fingerprint density at radius 2 is 1.88 bits per heavy atom. The molecule has 1 heterocycles. The topological polar surface area (TPSA) is 66.9 Å². The Hall–Kier alpha value is -2.04. The normalized spacial score (nSPS) is 19.6. The highest BCUT2D eigenvalue weighted by atomic mass is 32.2. The van der Waals surface area contributed by atoms with E-state index in [-0.39, 0.29) is 24.5 Å². The molecular weight excluding hydrogens is 328 g/mol. The van der Waals surface area contributed by atoms with Gasteiger partial charge >= 0.3 is 6.09 Å². The van der Waals surface area contributed by atoms with Gasteiger partial charge in [-0.2, -0.15) is 4.31 Å². The Bertz CT molecular complexity index is 732. The molecule has 1 saturated heterocycles. The number of rotatable bonds is 2. The minimum Gasteiger partial charge on any atom is -0.444 e. The summed E-state index contributed by atoms with van der Waals surface area (Å²) in [4.78, 5) is 13.8. The molecule has 1 aromatic rings. The van der Waals surface area contributed by atoms with Crippen molar-refractivity contribution >= 4 is 16.1 Å². The third-order valence-corrected chi connectivity index (χ3v) is 5.45. The quantitative estimate of drug-likeness (QED) is 0.765. The molecule has 0 spiro atoms. The summed E-state index contributed by atoms with van der Waals surface area (Å²) >= 11 is 0. The van der Waals surface area contributed by atoms with Gasteiger partial charge in [0.05, 0.1) is 11.4 Å². The van der Waals surface area contributed by atoms with Gasteiger partial charge in [-0.3, -0.25) is 0 Å². The Morgan fingerprint density at radius 3 is 2.42 bits per heavy atom. The summed E-state index contributed by atoms with van der Waals surface area (Å²) in [5.74, 6) is 2.47. The SMILES string of the molecule is C#CC1CN(C(=O)OC(C)(C)C)CCN1S(=O)(=O)c1ccccc1. The van der Waals surface area contributed by atoms with Crippen LogP contribution in [0.1, 0.15) is 20.8 Å². The van der Waals surface area contributed by atoms with Crippen molar-refractivity contribution in [3.8, 4) is 12.3 Å². The molecular formula is C17H22N2O4S. The maximum atomic E-state index is 12.8. The summed E-state index contributed by atoms with van der Waals surface area (Å²) in [5, 5.41) is 0. The molecule has 1 aliphatic heterocycles. The van der Waals surface area contributed by atoms with Gasteiger partial charge in [0.15, 0.2) is 0 Å². The van der Waals surface area contributed by atoms with E-state index >= 15 is 0 Å². The summed E-state index contributed by atoms with van der Waals surface area (Å²) < 4.78 is 32.1. The van der Waals surface area contributed by atoms with E-state index in [0.717, 1.165) is 0 Å². The Morgan fingerprint density at radius 1 is 1.25 bits per heavy atom. The average Bonchev–Trinajstić information content (AvgIpc) is 2.53. The fraction of sp³-hybridized carbons (Fsp3) is 0.471. The maximum Gasteiger partial charge on any atom is 0.410 e. The fourth-order valence-electron chi connectivity index (χ4n) is 2.41. The molecule has 2 rings (SSSR count). The second kappa shape index (κ2) is 6.83. The van der Waals surface area contributed by atoms with E-state index in [9.17, 15) is 13.2 Å². The second-order valence-corrected chi connectivity index (χ2v) is 8.43. The molecule has 1 amide bonds. The van der Waals surface area contributed by atoms with Crippen LogP contribution in [0.15, 0.2) is 35.2 Å². The summed E-state index contributed by atoms with van der Waals surface area (Å²) in [7, 11) is -3.70. The standard InChI is InChI=1S/C17H22N2O4S/c1-5-14-13-18(16(20)23-17(2,3)4)11-12-19(14)24(21,22)15-9-7-6-8-10-15/h1,6-10,14H,11-13H2,2-4H3. The van der Waals surface area contributed by atoms with E-state index < -0.39 is 27.8 Å². The Balaban J connectivity index is 2.17. The van der Waals surface area contributed by atoms with Gasteiger partial charge in [-0.25, -0.2) is 13.2 Å². The van der Waals surface area contributed by atoms with Gasteiger partial charge in [0, 0.05) is 13.1 Å². The van der Waals surface area contributed by atoms with Gasteiger partial charge < -0.3 is 9.64 Å². The average molecular weight is 350 g/mol. The fourth-order valence-corrected chi connectivity index (χ4v) is 3.97. The highest BCUT2D eigenvalue weighted by molar-refractivity contribution is 7.89. The molecule has 0 aliphatic carbocycles. The highest BCUT2D eigenvalue weighted by Crippen LogP contribution is 2.22. The molecule has 130 valence electrons. The molecule has 1 fully saturated rings. The first-order valence-electron chi connectivity index (χ1n) is 7.66. The van der Waals surface area contributed by atoms with Crippen LogP contribution in [0.3, 0.4) is 0 Å². The monoisotopic (exact) mass is 350 g/mol. The van der Waals surface area contributed by atoms with Crippen molar-refractivity contribution in [2.75, 3.05) is 19.6 Å². The predicted molar refractivity (Wildman–Crippen MR) is 90.8 cm³/mol. The number of ether oxygens (including phenoxy) is 1. The number of hydrogen-bond donors (Lipinski definition) is 0. The first kappa shape index (κ1) is 18.3. The van der Waals surface area contributed by atoms with Crippen molar-refractivity contribution in [1.29, 1.82) is 0 Å². The second-order valence-electron chi connectivity index (χ2n) is 6.54. The van der Waals surface area contributed by atoms with Crippen LogP contribution in [0, 0.1) is 12.3 Å². The molecule has 0 aromatic heterocycles. The number of nitrogens with zero attached hydrogens (tertiary/aromatic N) is 2. The lowest BCUT2D eigenvalue weighted by molar-refractivity contribution is 0.0163. The molecule has 1 aromatic carbocycles. The maximum absolute atomic E-state index is 12.8. The molecule has 1 unspecified atom stereocenters. The largest absolute Gasteiger partial charge is 0.444 e. The minimum atomic E-state index is -3.70. The third kappa shape index (κ3) is 4.08. The van der Waals surface area contributed by atoms with Crippen LogP contribution in [0.2, 0.25) is 0 Å². The van der Waals surface area contributed by atoms with Crippen LogP contribution in [0.25, 0.3) is 0 Å². The zero-order valence-electron chi connectivity index (χ0n) is 14.1. The van der Waals surface area contributed by atoms with Crippen LogP contribution in [0.4, 0.5) is 4.79 Å². The van der Waals surface area contributed by atoms with Gasteiger partial charge in [-0.1, -0.05) is 24.1 Å². The van der Waals surface area contributed by atoms with E-state index in [2.05, 4.69) is 5.92 Å². The van der Waals surface area contributed by atoms with Crippen LogP contribution in [-0.2, 0) is 14.8 Å². The number of sulfonamides is 1. The molecule has 1 atom stereocenters. The summed E-state index contributed by atoms with van der Waals surface area (Å²) in [5.41, 5.74) is -0.615. The van der Waals surface area contributed by atoms with Crippen LogP contribution in [-0.4, -0.2) is 55.0 Å². The first-order valence-corrected chi connectivity index (χ1v) is 9.10. The van der Waals surface area contributed by atoms with Crippen molar-refractivity contribution in [1.82, 2.24) is 9.21 Å². The zero-order valence-corrected chi connectivity index (χ0v) is 14.9. The van der Waals surface area contributed by atoms with Gasteiger partial charge in [0.1, 0.15) is 11.6 Å². The van der Waals surface area contributed by atoms with Crippen molar-refractivity contribution in [3.63, 3.8) is 0 Å². The molecule has 7 heteroatoms. The van der Waals surface area contributed by atoms with E-state index in [1.807, 2.05) is 0 Å². The number of piperazine rings is 1. The van der Waals surface area contributed by atoms with Crippen molar-refractivity contribution in [2.45, 2.75) is 37.3 Å². The van der Waals surface area contributed by atoms with Crippen molar-refractivity contribution in [2.24, 2.45) is 0 Å². The predicted octanol–water partition coefficient (Wildman–Crippen LogP) is 1.93. The molecule has 6 nitrogen and oxygen atoms in total. The molecule has 1 aliphatic rings.